The van der Waals surface area contributed by atoms with Crippen LogP contribution in [0.2, 0.25) is 0 Å². The number of aryl methyl sites for hydroxylation is 2. The Kier molecular flexibility index (Phi) is 6.57. The summed E-state index contributed by atoms with van der Waals surface area (Å²) >= 11 is 1.74. The van der Waals surface area contributed by atoms with Crippen LogP contribution in [0, 0.1) is 13.8 Å². The Bertz CT molecular complexity index is 820. The highest BCUT2D eigenvalue weighted by molar-refractivity contribution is 7.99. The van der Waals surface area contributed by atoms with Gasteiger partial charge < -0.3 is 14.1 Å². The normalized spacial score (nSPS) is 20.3. The molecule has 2 saturated heterocycles. The maximum absolute atomic E-state index is 13.2. The molecule has 3 heterocycles. The Morgan fingerprint density at radius 3 is 2.69 bits per heavy atom. The highest BCUT2D eigenvalue weighted by Crippen LogP contribution is 2.28. The van der Waals surface area contributed by atoms with Crippen molar-refractivity contribution in [3.8, 4) is 0 Å². The number of aromatic nitrogens is 1. The lowest BCUT2D eigenvalue weighted by atomic mass is 10.2. The monoisotopic (exact) mass is 415 g/mol. The van der Waals surface area contributed by atoms with Gasteiger partial charge in [0, 0.05) is 43.4 Å². The number of thioether (sulfide) groups is 1. The molecule has 0 aliphatic carbocycles. The first-order chi connectivity index (χ1) is 14.1. The van der Waals surface area contributed by atoms with Gasteiger partial charge in [0.05, 0.1) is 23.9 Å². The maximum Gasteiger partial charge on any atom is 0.255 e. The fourth-order valence-corrected chi connectivity index (χ4v) is 4.92. The van der Waals surface area contributed by atoms with Gasteiger partial charge in [-0.25, -0.2) is 4.98 Å². The lowest BCUT2D eigenvalue weighted by Crippen LogP contribution is -2.48. The molecule has 6 nitrogen and oxygen atoms in total. The van der Waals surface area contributed by atoms with E-state index >= 15 is 0 Å². The first kappa shape index (κ1) is 20.4. The van der Waals surface area contributed by atoms with E-state index < -0.39 is 0 Å². The van der Waals surface area contributed by atoms with Crippen LogP contribution in [0.5, 0.6) is 0 Å². The van der Waals surface area contributed by atoms with E-state index in [4.69, 9.17) is 9.15 Å². The Morgan fingerprint density at radius 1 is 1.21 bits per heavy atom. The molecule has 0 saturated carbocycles. The molecule has 2 fully saturated rings. The fraction of sp³-hybridized carbons (Fsp3) is 0.545. The van der Waals surface area contributed by atoms with Crippen molar-refractivity contribution in [3.05, 3.63) is 47.2 Å². The topological polar surface area (TPSA) is 58.8 Å². The molecule has 0 spiro atoms. The highest BCUT2D eigenvalue weighted by atomic mass is 32.2. The van der Waals surface area contributed by atoms with Gasteiger partial charge in [-0.3, -0.25) is 9.69 Å². The molecule has 29 heavy (non-hydrogen) atoms. The molecule has 1 unspecified atom stereocenters. The zero-order valence-electron chi connectivity index (χ0n) is 17.2. The summed E-state index contributed by atoms with van der Waals surface area (Å²) in [5.74, 6) is 2.68. The lowest BCUT2D eigenvalue weighted by molar-refractivity contribution is 0.0614. The second kappa shape index (κ2) is 9.32. The van der Waals surface area contributed by atoms with Gasteiger partial charge in [0.2, 0.25) is 5.89 Å². The molecule has 156 valence electrons. The number of hydrogen-bond donors (Lipinski definition) is 0. The zero-order valence-corrected chi connectivity index (χ0v) is 18.0. The Labute approximate surface area is 176 Å². The number of hydrogen-bond acceptors (Lipinski definition) is 6. The summed E-state index contributed by atoms with van der Waals surface area (Å²) < 4.78 is 11.4. The molecule has 0 bridgehead atoms. The van der Waals surface area contributed by atoms with Crippen molar-refractivity contribution in [1.29, 1.82) is 0 Å². The smallest absolute Gasteiger partial charge is 0.255 e. The van der Waals surface area contributed by atoms with E-state index in [1.54, 1.807) is 11.8 Å². The van der Waals surface area contributed by atoms with Gasteiger partial charge in [-0.15, -0.1) is 11.8 Å². The van der Waals surface area contributed by atoms with E-state index in [-0.39, 0.29) is 5.91 Å². The Morgan fingerprint density at radius 2 is 2.00 bits per heavy atom. The molecule has 4 rings (SSSR count). The number of piperazine rings is 1. The van der Waals surface area contributed by atoms with Crippen molar-refractivity contribution in [2.45, 2.75) is 44.2 Å². The number of rotatable bonds is 6. The molecule has 2 aliphatic rings. The number of nitrogens with zero attached hydrogens (tertiary/aromatic N) is 3. The first-order valence-electron chi connectivity index (χ1n) is 10.4. The van der Waals surface area contributed by atoms with E-state index in [1.807, 2.05) is 36.9 Å². The van der Waals surface area contributed by atoms with E-state index in [2.05, 4.69) is 16.0 Å². The Hall–Kier alpha value is -1.83. The average molecular weight is 416 g/mol. The van der Waals surface area contributed by atoms with Gasteiger partial charge in [0.1, 0.15) is 5.76 Å². The Balaban J connectivity index is 1.33. The first-order valence-corrected chi connectivity index (χ1v) is 11.4. The van der Waals surface area contributed by atoms with Crippen molar-refractivity contribution in [2.24, 2.45) is 0 Å². The average Bonchev–Trinajstić information content (AvgIpc) is 3.36. The van der Waals surface area contributed by atoms with Crippen molar-refractivity contribution in [1.82, 2.24) is 14.8 Å². The SMILES string of the molecule is Cc1nc(CN2CCN(C(=O)c3ccccc3SCC3CCCO3)CC2)oc1C. The largest absolute Gasteiger partial charge is 0.444 e. The van der Waals surface area contributed by atoms with Crippen LogP contribution < -0.4 is 0 Å². The van der Waals surface area contributed by atoms with Crippen LogP contribution >= 0.6 is 11.8 Å². The van der Waals surface area contributed by atoms with Gasteiger partial charge in [-0.1, -0.05) is 12.1 Å². The fourth-order valence-electron chi connectivity index (χ4n) is 3.81. The third-order valence-electron chi connectivity index (χ3n) is 5.66. The van der Waals surface area contributed by atoms with Gasteiger partial charge in [0.25, 0.3) is 5.91 Å². The molecule has 0 radical (unpaired) electrons. The quantitative estimate of drug-likeness (QED) is 0.673. The minimum atomic E-state index is 0.128. The van der Waals surface area contributed by atoms with Crippen molar-refractivity contribution in [2.75, 3.05) is 38.5 Å². The van der Waals surface area contributed by atoms with E-state index in [0.717, 1.165) is 79.2 Å². The van der Waals surface area contributed by atoms with Crippen LogP contribution in [0.25, 0.3) is 0 Å². The van der Waals surface area contributed by atoms with Crippen LogP contribution in [0.4, 0.5) is 0 Å². The van der Waals surface area contributed by atoms with Crippen LogP contribution in [-0.4, -0.2) is 65.3 Å². The molecule has 2 aliphatic heterocycles. The molecular weight excluding hydrogens is 386 g/mol. The second-order valence-electron chi connectivity index (χ2n) is 7.76. The molecular formula is C22H29N3O3S. The highest BCUT2D eigenvalue weighted by Gasteiger charge is 2.25. The molecule has 1 aromatic heterocycles. The van der Waals surface area contributed by atoms with E-state index in [0.29, 0.717) is 12.6 Å². The number of oxazole rings is 1. The molecule has 7 heteroatoms. The third kappa shape index (κ3) is 5.02. The summed E-state index contributed by atoms with van der Waals surface area (Å²) in [5.41, 5.74) is 1.76. The predicted molar refractivity (Wildman–Crippen MR) is 113 cm³/mol. The summed E-state index contributed by atoms with van der Waals surface area (Å²) in [4.78, 5) is 23.0. The van der Waals surface area contributed by atoms with Gasteiger partial charge in [-0.05, 0) is 38.8 Å². The molecule has 2 aromatic rings. The number of amides is 1. The van der Waals surface area contributed by atoms with E-state index in [1.165, 1.54) is 0 Å². The van der Waals surface area contributed by atoms with Crippen LogP contribution in [0.1, 0.15) is 40.5 Å². The summed E-state index contributed by atoms with van der Waals surface area (Å²) in [5, 5.41) is 0. The second-order valence-corrected chi connectivity index (χ2v) is 8.82. The van der Waals surface area contributed by atoms with Crippen LogP contribution in [0.3, 0.4) is 0 Å². The van der Waals surface area contributed by atoms with Crippen molar-refractivity contribution < 1.29 is 13.9 Å². The van der Waals surface area contributed by atoms with Crippen molar-refractivity contribution in [3.63, 3.8) is 0 Å². The van der Waals surface area contributed by atoms with Crippen LogP contribution in [0.15, 0.2) is 33.6 Å². The van der Waals surface area contributed by atoms with Gasteiger partial charge >= 0.3 is 0 Å². The molecule has 0 N–H and O–H groups in total. The number of ether oxygens (including phenoxy) is 1. The van der Waals surface area contributed by atoms with E-state index in [9.17, 15) is 4.79 Å². The predicted octanol–water partition coefficient (Wildman–Crippen LogP) is 3.52. The summed E-state index contributed by atoms with van der Waals surface area (Å²) in [6.07, 6.45) is 2.58. The molecule has 1 aromatic carbocycles. The third-order valence-corrected chi connectivity index (χ3v) is 6.86. The summed E-state index contributed by atoms with van der Waals surface area (Å²) in [6.45, 7) is 8.58. The lowest BCUT2D eigenvalue weighted by Gasteiger charge is -2.34. The van der Waals surface area contributed by atoms with Gasteiger partial charge in [0.15, 0.2) is 0 Å². The summed E-state index contributed by atoms with van der Waals surface area (Å²) in [7, 11) is 0. The molecule has 1 atom stereocenters. The molecule has 1 amide bonds. The van der Waals surface area contributed by atoms with Crippen LogP contribution in [-0.2, 0) is 11.3 Å². The van der Waals surface area contributed by atoms with Crippen molar-refractivity contribution >= 4 is 17.7 Å². The maximum atomic E-state index is 13.2. The standard InChI is InChI=1S/C22H29N3O3S/c1-16-17(2)28-21(23-16)14-24-9-11-25(12-10-24)22(26)19-7-3-4-8-20(19)29-15-18-6-5-13-27-18/h3-4,7-8,18H,5-6,9-15H2,1-2H3. The van der Waals surface area contributed by atoms with Gasteiger partial charge in [-0.2, -0.15) is 0 Å². The minimum absolute atomic E-state index is 0.128. The number of carbonyl (C=O) groups is 1. The number of benzene rings is 1. The zero-order chi connectivity index (χ0) is 20.2. The summed E-state index contributed by atoms with van der Waals surface area (Å²) in [6, 6.07) is 7.96. The minimum Gasteiger partial charge on any atom is -0.444 e. The number of carbonyl (C=O) groups excluding carboxylic acids is 1.